The molecule has 13 heavy (non-hydrogen) atoms. The van der Waals surface area contributed by atoms with E-state index in [9.17, 15) is 4.79 Å². The highest BCUT2D eigenvalue weighted by Crippen LogP contribution is 2.20. The molecule has 3 nitrogen and oxygen atoms in total. The van der Waals surface area contributed by atoms with Crippen LogP contribution in [0.15, 0.2) is 11.1 Å². The number of carbonyl (C=O) groups is 1. The Bertz CT molecular complexity index is 231. The lowest BCUT2D eigenvalue weighted by atomic mass is 9.93. The summed E-state index contributed by atoms with van der Waals surface area (Å²) in [5, 5.41) is 3.26. The molecule has 1 heterocycles. The van der Waals surface area contributed by atoms with Crippen LogP contribution in [0.2, 0.25) is 0 Å². The molecule has 0 bridgehead atoms. The average Bonchev–Trinajstić information content (AvgIpc) is 2.16. The van der Waals surface area contributed by atoms with Crippen LogP contribution in [0, 0.1) is 5.92 Å². The van der Waals surface area contributed by atoms with Crippen LogP contribution in [-0.4, -0.2) is 26.2 Å². The zero-order valence-electron chi connectivity index (χ0n) is 8.52. The quantitative estimate of drug-likeness (QED) is 0.652. The first-order valence-corrected chi connectivity index (χ1v) is 4.67. The van der Waals surface area contributed by atoms with Crippen LogP contribution in [-0.2, 0) is 9.53 Å². The molecule has 3 heteroatoms. The van der Waals surface area contributed by atoms with Gasteiger partial charge < -0.3 is 10.1 Å². The molecule has 74 valence electrons. The molecule has 1 aliphatic heterocycles. The summed E-state index contributed by atoms with van der Waals surface area (Å²) in [7, 11) is 1.44. The lowest BCUT2D eigenvalue weighted by Gasteiger charge is -2.22. The van der Waals surface area contributed by atoms with Crippen LogP contribution < -0.4 is 5.32 Å². The number of ether oxygens (including phenoxy) is 1. The zero-order chi connectivity index (χ0) is 9.84. The van der Waals surface area contributed by atoms with Crippen LogP contribution in [0.1, 0.15) is 20.3 Å². The molecule has 0 amide bonds. The number of methoxy groups -OCH3 is 1. The van der Waals surface area contributed by atoms with Gasteiger partial charge in [-0.15, -0.1) is 0 Å². The van der Waals surface area contributed by atoms with Gasteiger partial charge in [0.15, 0.2) is 0 Å². The van der Waals surface area contributed by atoms with E-state index < -0.39 is 0 Å². The number of hydrogen-bond acceptors (Lipinski definition) is 3. The number of rotatable bonds is 2. The molecule has 0 aliphatic carbocycles. The van der Waals surface area contributed by atoms with E-state index >= 15 is 0 Å². The Morgan fingerprint density at radius 1 is 1.54 bits per heavy atom. The highest BCUT2D eigenvalue weighted by molar-refractivity contribution is 5.89. The Kier molecular flexibility index (Phi) is 3.48. The molecule has 0 unspecified atom stereocenters. The first kappa shape index (κ1) is 10.3. The fourth-order valence-electron chi connectivity index (χ4n) is 1.61. The predicted molar refractivity (Wildman–Crippen MR) is 51.4 cm³/mol. The van der Waals surface area contributed by atoms with Crippen LogP contribution in [0.5, 0.6) is 0 Å². The Hall–Kier alpha value is -0.830. The molecule has 0 aromatic rings. The van der Waals surface area contributed by atoms with Crippen molar-refractivity contribution in [2.45, 2.75) is 20.3 Å². The third kappa shape index (κ3) is 2.31. The van der Waals surface area contributed by atoms with Gasteiger partial charge in [-0.25, -0.2) is 4.79 Å². The molecule has 0 fully saturated rings. The van der Waals surface area contributed by atoms with Crippen molar-refractivity contribution in [2.75, 3.05) is 20.2 Å². The number of carbonyl (C=O) groups excluding carboxylic acids is 1. The summed E-state index contributed by atoms with van der Waals surface area (Å²) in [5.41, 5.74) is 2.06. The first-order valence-electron chi connectivity index (χ1n) is 4.67. The third-order valence-corrected chi connectivity index (χ3v) is 2.38. The summed E-state index contributed by atoms with van der Waals surface area (Å²) in [6.45, 7) is 5.90. The van der Waals surface area contributed by atoms with Gasteiger partial charge in [-0.2, -0.15) is 0 Å². The molecule has 0 spiro atoms. The van der Waals surface area contributed by atoms with Crippen molar-refractivity contribution in [2.24, 2.45) is 5.92 Å². The summed E-state index contributed by atoms with van der Waals surface area (Å²) < 4.78 is 4.75. The van der Waals surface area contributed by atoms with Gasteiger partial charge in [0.25, 0.3) is 0 Å². The van der Waals surface area contributed by atoms with Gasteiger partial charge in [0.05, 0.1) is 7.11 Å². The Labute approximate surface area is 79.2 Å². The summed E-state index contributed by atoms with van der Waals surface area (Å²) in [5.74, 6) is 0.257. The molecular formula is C10H17NO2. The monoisotopic (exact) mass is 183 g/mol. The summed E-state index contributed by atoms with van der Waals surface area (Å²) in [6.07, 6.45) is 0.792. The summed E-state index contributed by atoms with van der Waals surface area (Å²) in [4.78, 5) is 11.4. The van der Waals surface area contributed by atoms with Gasteiger partial charge in [0.2, 0.25) is 0 Å². The second-order valence-electron chi connectivity index (χ2n) is 3.58. The minimum Gasteiger partial charge on any atom is -0.466 e. The summed E-state index contributed by atoms with van der Waals surface area (Å²) in [6, 6.07) is 0. The van der Waals surface area contributed by atoms with Crippen molar-refractivity contribution in [3.05, 3.63) is 11.1 Å². The molecule has 0 saturated heterocycles. The van der Waals surface area contributed by atoms with Gasteiger partial charge in [0.1, 0.15) is 0 Å². The minimum absolute atomic E-state index is 0.162. The molecule has 0 radical (unpaired) electrons. The van der Waals surface area contributed by atoms with Crippen LogP contribution >= 0.6 is 0 Å². The normalized spacial score (nSPS) is 17.8. The second kappa shape index (κ2) is 4.42. The van der Waals surface area contributed by atoms with Gasteiger partial charge >= 0.3 is 5.97 Å². The van der Waals surface area contributed by atoms with Crippen molar-refractivity contribution in [3.63, 3.8) is 0 Å². The molecular weight excluding hydrogens is 166 g/mol. The minimum atomic E-state index is -0.162. The molecule has 0 aromatic carbocycles. The van der Waals surface area contributed by atoms with E-state index in [2.05, 4.69) is 19.2 Å². The number of esters is 1. The molecule has 1 aliphatic rings. The standard InChI is InChI=1S/C10H17NO2/c1-7(2)9-6-11-5-4-8(9)10(12)13-3/h7,11H,4-6H2,1-3H3. The predicted octanol–water partition coefficient (Wildman–Crippen LogP) is 1.11. The van der Waals surface area contributed by atoms with E-state index in [1.165, 1.54) is 12.7 Å². The molecule has 0 saturated carbocycles. The first-order chi connectivity index (χ1) is 6.16. The number of hydrogen-bond donors (Lipinski definition) is 1. The average molecular weight is 183 g/mol. The lowest BCUT2D eigenvalue weighted by molar-refractivity contribution is -0.136. The highest BCUT2D eigenvalue weighted by atomic mass is 16.5. The Morgan fingerprint density at radius 2 is 2.23 bits per heavy atom. The van der Waals surface area contributed by atoms with E-state index in [0.29, 0.717) is 5.92 Å². The van der Waals surface area contributed by atoms with E-state index in [1.807, 2.05) is 0 Å². The highest BCUT2D eigenvalue weighted by Gasteiger charge is 2.20. The second-order valence-corrected chi connectivity index (χ2v) is 3.58. The molecule has 1 N–H and O–H groups in total. The van der Waals surface area contributed by atoms with E-state index in [-0.39, 0.29) is 5.97 Å². The van der Waals surface area contributed by atoms with Crippen molar-refractivity contribution in [1.29, 1.82) is 0 Å². The van der Waals surface area contributed by atoms with Gasteiger partial charge in [-0.05, 0) is 24.5 Å². The van der Waals surface area contributed by atoms with Crippen molar-refractivity contribution in [3.8, 4) is 0 Å². The maximum absolute atomic E-state index is 11.4. The largest absolute Gasteiger partial charge is 0.466 e. The maximum atomic E-state index is 11.4. The van der Waals surface area contributed by atoms with Crippen molar-refractivity contribution >= 4 is 5.97 Å². The smallest absolute Gasteiger partial charge is 0.333 e. The van der Waals surface area contributed by atoms with E-state index in [1.54, 1.807) is 0 Å². The molecule has 1 rings (SSSR count). The summed E-state index contributed by atoms with van der Waals surface area (Å²) >= 11 is 0. The van der Waals surface area contributed by atoms with Crippen LogP contribution in [0.4, 0.5) is 0 Å². The maximum Gasteiger partial charge on any atom is 0.333 e. The van der Waals surface area contributed by atoms with Crippen molar-refractivity contribution in [1.82, 2.24) is 5.32 Å². The lowest BCUT2D eigenvalue weighted by Crippen LogP contribution is -2.30. The molecule has 0 atom stereocenters. The van der Waals surface area contributed by atoms with Crippen LogP contribution in [0.25, 0.3) is 0 Å². The molecule has 0 aromatic heterocycles. The number of nitrogens with one attached hydrogen (secondary N) is 1. The van der Waals surface area contributed by atoms with E-state index in [4.69, 9.17) is 4.74 Å². The van der Waals surface area contributed by atoms with E-state index in [0.717, 1.165) is 25.1 Å². The van der Waals surface area contributed by atoms with Crippen LogP contribution in [0.3, 0.4) is 0 Å². The van der Waals surface area contributed by atoms with Crippen molar-refractivity contribution < 1.29 is 9.53 Å². The topological polar surface area (TPSA) is 38.3 Å². The third-order valence-electron chi connectivity index (χ3n) is 2.38. The van der Waals surface area contributed by atoms with Gasteiger partial charge in [0, 0.05) is 12.1 Å². The SMILES string of the molecule is COC(=O)C1=C(C(C)C)CNCC1. The van der Waals surface area contributed by atoms with Gasteiger partial charge in [-0.3, -0.25) is 0 Å². The van der Waals surface area contributed by atoms with Gasteiger partial charge in [-0.1, -0.05) is 13.8 Å². The fourth-order valence-corrected chi connectivity index (χ4v) is 1.61. The fraction of sp³-hybridized carbons (Fsp3) is 0.700. The Balaban J connectivity index is 2.89. The zero-order valence-corrected chi connectivity index (χ0v) is 8.52. The Morgan fingerprint density at radius 3 is 2.77 bits per heavy atom.